The number of aromatic nitrogens is 1. The van der Waals surface area contributed by atoms with Gasteiger partial charge in [0, 0.05) is 13.2 Å². The number of hydrogen-bond donors (Lipinski definition) is 0. The summed E-state index contributed by atoms with van der Waals surface area (Å²) >= 11 is 0. The van der Waals surface area contributed by atoms with Crippen molar-refractivity contribution in [3.63, 3.8) is 0 Å². The highest BCUT2D eigenvalue weighted by Gasteiger charge is 2.14. The van der Waals surface area contributed by atoms with E-state index in [1.807, 2.05) is 0 Å². The Morgan fingerprint density at radius 3 is 2.75 bits per heavy atom. The lowest BCUT2D eigenvalue weighted by Gasteiger charge is -1.95. The molecular formula is C6H5FN2O3. The molecule has 1 aromatic heterocycles. The first-order chi connectivity index (χ1) is 5.52. The molecule has 0 aliphatic carbocycles. The molecule has 0 amide bonds. The minimum atomic E-state index is -0.911. The Balaban J connectivity index is 3.49. The van der Waals surface area contributed by atoms with E-state index < -0.39 is 22.0 Å². The zero-order valence-corrected chi connectivity index (χ0v) is 6.15. The molecule has 0 aliphatic rings. The van der Waals surface area contributed by atoms with Gasteiger partial charge in [-0.25, -0.2) is 4.39 Å². The van der Waals surface area contributed by atoms with Gasteiger partial charge in [-0.3, -0.25) is 14.9 Å². The minimum absolute atomic E-state index is 0.600. The molecule has 0 spiro atoms. The van der Waals surface area contributed by atoms with E-state index in [2.05, 4.69) is 0 Å². The van der Waals surface area contributed by atoms with Gasteiger partial charge in [-0.15, -0.1) is 0 Å². The molecule has 64 valence electrons. The number of halogens is 1. The van der Waals surface area contributed by atoms with Crippen LogP contribution in [-0.4, -0.2) is 9.49 Å². The Hall–Kier alpha value is -1.72. The average molecular weight is 172 g/mol. The first-order valence-electron chi connectivity index (χ1n) is 3.03. The molecule has 6 heteroatoms. The summed E-state index contributed by atoms with van der Waals surface area (Å²) in [6.07, 6.45) is 0.884. The predicted molar refractivity (Wildman–Crippen MR) is 38.3 cm³/mol. The van der Waals surface area contributed by atoms with Crippen molar-refractivity contribution >= 4 is 5.69 Å². The summed E-state index contributed by atoms with van der Waals surface area (Å²) in [6.45, 7) is 0. The highest BCUT2D eigenvalue weighted by molar-refractivity contribution is 5.25. The Morgan fingerprint density at radius 2 is 2.25 bits per heavy atom. The van der Waals surface area contributed by atoms with Crippen LogP contribution < -0.4 is 5.56 Å². The van der Waals surface area contributed by atoms with Gasteiger partial charge in [-0.1, -0.05) is 0 Å². The van der Waals surface area contributed by atoms with Crippen molar-refractivity contribution in [2.75, 3.05) is 0 Å². The van der Waals surface area contributed by atoms with Crippen molar-refractivity contribution in [3.8, 4) is 0 Å². The van der Waals surface area contributed by atoms with Crippen molar-refractivity contribution in [2.45, 2.75) is 0 Å². The molecule has 0 bridgehead atoms. The van der Waals surface area contributed by atoms with Gasteiger partial charge < -0.3 is 4.57 Å². The van der Waals surface area contributed by atoms with Crippen LogP contribution in [0.1, 0.15) is 0 Å². The van der Waals surface area contributed by atoms with Crippen molar-refractivity contribution in [3.05, 3.63) is 38.5 Å². The van der Waals surface area contributed by atoms with E-state index in [9.17, 15) is 19.3 Å². The van der Waals surface area contributed by atoms with Crippen LogP contribution in [0.2, 0.25) is 0 Å². The highest BCUT2D eigenvalue weighted by atomic mass is 19.1. The topological polar surface area (TPSA) is 65.1 Å². The van der Waals surface area contributed by atoms with Gasteiger partial charge in [0.25, 0.3) is 0 Å². The molecule has 0 N–H and O–H groups in total. The maximum atomic E-state index is 12.5. The number of pyridine rings is 1. The molecular weight excluding hydrogens is 167 g/mol. The van der Waals surface area contributed by atoms with E-state index in [1.54, 1.807) is 0 Å². The Kier molecular flexibility index (Phi) is 1.90. The van der Waals surface area contributed by atoms with Crippen LogP contribution in [0.25, 0.3) is 0 Å². The van der Waals surface area contributed by atoms with Crippen LogP contribution >= 0.6 is 0 Å². The third-order valence-corrected chi connectivity index (χ3v) is 1.33. The summed E-state index contributed by atoms with van der Waals surface area (Å²) in [6, 6.07) is 0.600. The Bertz CT molecular complexity index is 385. The van der Waals surface area contributed by atoms with E-state index in [0.717, 1.165) is 10.8 Å². The second-order valence-corrected chi connectivity index (χ2v) is 2.22. The molecule has 12 heavy (non-hydrogen) atoms. The molecule has 0 saturated heterocycles. The van der Waals surface area contributed by atoms with Crippen LogP contribution in [0.15, 0.2) is 17.1 Å². The van der Waals surface area contributed by atoms with Gasteiger partial charge in [0.15, 0.2) is 0 Å². The monoisotopic (exact) mass is 172 g/mol. The highest BCUT2D eigenvalue weighted by Crippen LogP contribution is 2.04. The zero-order valence-electron chi connectivity index (χ0n) is 6.15. The Labute approximate surface area is 66.2 Å². The Morgan fingerprint density at radius 1 is 1.67 bits per heavy atom. The third-order valence-electron chi connectivity index (χ3n) is 1.33. The summed E-state index contributed by atoms with van der Waals surface area (Å²) in [5.41, 5.74) is -1.57. The molecule has 0 unspecified atom stereocenters. The average Bonchev–Trinajstić information content (AvgIpc) is 1.96. The predicted octanol–water partition coefficient (Wildman–Crippen LogP) is 0.433. The maximum absolute atomic E-state index is 12.5. The lowest BCUT2D eigenvalue weighted by molar-refractivity contribution is -0.386. The van der Waals surface area contributed by atoms with E-state index in [4.69, 9.17) is 0 Å². The fraction of sp³-hybridized carbons (Fsp3) is 0.167. The fourth-order valence-electron chi connectivity index (χ4n) is 0.785. The maximum Gasteiger partial charge on any atom is 0.337 e. The van der Waals surface area contributed by atoms with Crippen LogP contribution in [-0.2, 0) is 7.05 Å². The molecule has 0 radical (unpaired) electrons. The molecule has 1 aromatic rings. The summed E-state index contributed by atoms with van der Waals surface area (Å²) in [7, 11) is 1.25. The fourth-order valence-corrected chi connectivity index (χ4v) is 0.785. The summed E-state index contributed by atoms with van der Waals surface area (Å²) in [5.74, 6) is -0.802. The van der Waals surface area contributed by atoms with E-state index >= 15 is 0 Å². The van der Waals surface area contributed by atoms with Crippen LogP contribution in [0.3, 0.4) is 0 Å². The molecule has 0 saturated carbocycles. The molecule has 1 heterocycles. The van der Waals surface area contributed by atoms with Crippen molar-refractivity contribution in [1.82, 2.24) is 4.57 Å². The number of nitrogens with zero attached hydrogens (tertiary/aromatic N) is 2. The van der Waals surface area contributed by atoms with Crippen molar-refractivity contribution in [1.29, 1.82) is 0 Å². The molecule has 0 atom stereocenters. The first kappa shape index (κ1) is 8.38. The van der Waals surface area contributed by atoms with Gasteiger partial charge in [0.05, 0.1) is 11.0 Å². The normalized spacial score (nSPS) is 9.83. The second-order valence-electron chi connectivity index (χ2n) is 2.22. The lowest BCUT2D eigenvalue weighted by atomic mass is 10.4. The van der Waals surface area contributed by atoms with Crippen LogP contribution in [0, 0.1) is 15.9 Å². The number of hydrogen-bond acceptors (Lipinski definition) is 3. The van der Waals surface area contributed by atoms with Gasteiger partial charge >= 0.3 is 11.2 Å². The van der Waals surface area contributed by atoms with Gasteiger partial charge in [0.2, 0.25) is 0 Å². The summed E-state index contributed by atoms with van der Waals surface area (Å²) < 4.78 is 13.3. The standard InChI is InChI=1S/C6H5FN2O3/c1-8-3-4(7)2-5(6(8)10)9(11)12/h2-3H,1H3. The smallest absolute Gasteiger partial charge is 0.310 e. The van der Waals surface area contributed by atoms with Gasteiger partial charge in [0.1, 0.15) is 5.82 Å². The van der Waals surface area contributed by atoms with Crippen molar-refractivity contribution in [2.24, 2.45) is 7.05 Å². The molecule has 1 rings (SSSR count). The molecule has 0 aliphatic heterocycles. The summed E-state index contributed by atoms with van der Waals surface area (Å²) in [5, 5.41) is 10.2. The van der Waals surface area contributed by atoms with Gasteiger partial charge in [-0.2, -0.15) is 0 Å². The zero-order chi connectivity index (χ0) is 9.30. The third kappa shape index (κ3) is 1.31. The lowest BCUT2D eigenvalue weighted by Crippen LogP contribution is -2.19. The first-order valence-corrected chi connectivity index (χ1v) is 3.03. The van der Waals surface area contributed by atoms with E-state index in [0.29, 0.717) is 6.07 Å². The number of rotatable bonds is 1. The second kappa shape index (κ2) is 2.72. The number of nitro groups is 1. The van der Waals surface area contributed by atoms with E-state index in [-0.39, 0.29) is 0 Å². The van der Waals surface area contributed by atoms with Crippen LogP contribution in [0.5, 0.6) is 0 Å². The minimum Gasteiger partial charge on any atom is -0.310 e. The van der Waals surface area contributed by atoms with Crippen LogP contribution in [0.4, 0.5) is 10.1 Å². The molecule has 5 nitrogen and oxygen atoms in total. The van der Waals surface area contributed by atoms with Gasteiger partial charge in [-0.05, 0) is 0 Å². The number of aryl methyl sites for hydroxylation is 1. The summed E-state index contributed by atoms with van der Waals surface area (Å²) in [4.78, 5) is 20.2. The van der Waals surface area contributed by atoms with E-state index in [1.165, 1.54) is 7.05 Å². The molecule has 0 aromatic carbocycles. The molecule has 0 fully saturated rings. The SMILES string of the molecule is Cn1cc(F)cc([N+](=O)[O-])c1=O. The van der Waals surface area contributed by atoms with Crippen molar-refractivity contribution < 1.29 is 9.31 Å². The largest absolute Gasteiger partial charge is 0.337 e. The quantitative estimate of drug-likeness (QED) is 0.455.